The van der Waals surface area contributed by atoms with Crippen LogP contribution in [0.15, 0.2) is 42.5 Å². The molecule has 0 amide bonds. The topological polar surface area (TPSA) is 55.8 Å². The van der Waals surface area contributed by atoms with Gasteiger partial charge in [-0.25, -0.2) is 4.79 Å². The van der Waals surface area contributed by atoms with E-state index in [9.17, 15) is 23.1 Å². The highest BCUT2D eigenvalue weighted by Crippen LogP contribution is 2.32. The summed E-state index contributed by atoms with van der Waals surface area (Å²) in [5.41, 5.74) is 1.13. The van der Waals surface area contributed by atoms with Gasteiger partial charge in [-0.15, -0.1) is 13.2 Å². The van der Waals surface area contributed by atoms with Gasteiger partial charge in [0.1, 0.15) is 11.5 Å². The third-order valence-electron chi connectivity index (χ3n) is 2.76. The Bertz CT molecular complexity index is 678. The number of hydrogen-bond acceptors (Lipinski definition) is 4. The molecular formula is C15H11F3O4. The monoisotopic (exact) mass is 312 g/mol. The highest BCUT2D eigenvalue weighted by atomic mass is 19.4. The van der Waals surface area contributed by atoms with Crippen molar-refractivity contribution < 1.29 is 32.5 Å². The minimum absolute atomic E-state index is 0.304. The van der Waals surface area contributed by atoms with Crippen molar-refractivity contribution in [2.24, 2.45) is 0 Å². The molecule has 2 aromatic carbocycles. The van der Waals surface area contributed by atoms with Crippen LogP contribution >= 0.6 is 0 Å². The molecule has 2 aromatic rings. The van der Waals surface area contributed by atoms with Gasteiger partial charge < -0.3 is 14.6 Å². The van der Waals surface area contributed by atoms with Gasteiger partial charge >= 0.3 is 12.3 Å². The van der Waals surface area contributed by atoms with Gasteiger partial charge in [0.25, 0.3) is 0 Å². The smallest absolute Gasteiger partial charge is 0.508 e. The number of ether oxygens (including phenoxy) is 2. The third kappa shape index (κ3) is 3.91. The molecule has 1 N–H and O–H groups in total. The second kappa shape index (κ2) is 5.97. The van der Waals surface area contributed by atoms with Crippen molar-refractivity contribution in [3.8, 4) is 22.6 Å². The molecule has 0 heterocycles. The number of phenolic OH excluding ortho intramolecular Hbond substituents is 1. The lowest BCUT2D eigenvalue weighted by Gasteiger charge is -2.11. The van der Waals surface area contributed by atoms with Crippen LogP contribution in [0.3, 0.4) is 0 Å². The lowest BCUT2D eigenvalue weighted by Crippen LogP contribution is -2.17. The van der Waals surface area contributed by atoms with Crippen LogP contribution in [0.2, 0.25) is 0 Å². The second-order valence-corrected chi connectivity index (χ2v) is 4.33. The van der Waals surface area contributed by atoms with Crippen LogP contribution in [-0.2, 0) is 4.74 Å². The molecule has 0 spiro atoms. The zero-order valence-corrected chi connectivity index (χ0v) is 11.3. The number of hydrogen-bond donors (Lipinski definition) is 1. The largest absolute Gasteiger partial charge is 0.573 e. The van der Waals surface area contributed by atoms with E-state index in [1.54, 1.807) is 0 Å². The summed E-state index contributed by atoms with van der Waals surface area (Å²) in [5, 5.41) is 9.51. The maximum atomic E-state index is 12.2. The maximum absolute atomic E-state index is 12.2. The van der Waals surface area contributed by atoms with E-state index >= 15 is 0 Å². The van der Waals surface area contributed by atoms with Crippen molar-refractivity contribution in [1.29, 1.82) is 0 Å². The number of rotatable bonds is 3. The van der Waals surface area contributed by atoms with Crippen LogP contribution in [0.1, 0.15) is 10.4 Å². The molecule has 22 heavy (non-hydrogen) atoms. The number of aromatic hydroxyl groups is 1. The van der Waals surface area contributed by atoms with Crippen LogP contribution in [0.5, 0.6) is 11.5 Å². The van der Waals surface area contributed by atoms with E-state index < -0.39 is 18.1 Å². The normalized spacial score (nSPS) is 11.1. The molecule has 0 fully saturated rings. The minimum atomic E-state index is -4.85. The summed E-state index contributed by atoms with van der Waals surface area (Å²) in [6, 6.07) is 9.28. The zero-order chi connectivity index (χ0) is 16.3. The van der Waals surface area contributed by atoms with E-state index in [4.69, 9.17) is 0 Å². The standard InChI is InChI=1S/C15H11F3O4/c1-21-14(20)10-4-2-9(3-5-10)11-6-12(19)8-13(7-11)22-15(16,17)18/h2-8,19H,1H3. The Kier molecular flexibility index (Phi) is 4.25. The Morgan fingerprint density at radius 3 is 2.23 bits per heavy atom. The number of carbonyl (C=O) groups excluding carboxylic acids is 1. The van der Waals surface area contributed by atoms with E-state index in [0.29, 0.717) is 16.7 Å². The van der Waals surface area contributed by atoms with E-state index in [1.807, 2.05) is 0 Å². The number of benzene rings is 2. The maximum Gasteiger partial charge on any atom is 0.573 e. The van der Waals surface area contributed by atoms with Gasteiger partial charge in [-0.1, -0.05) is 12.1 Å². The lowest BCUT2D eigenvalue weighted by molar-refractivity contribution is -0.274. The van der Waals surface area contributed by atoms with Gasteiger partial charge in [0.15, 0.2) is 0 Å². The molecule has 0 radical (unpaired) electrons. The first-order chi connectivity index (χ1) is 10.3. The number of esters is 1. The van der Waals surface area contributed by atoms with Crippen molar-refractivity contribution in [2.75, 3.05) is 7.11 Å². The van der Waals surface area contributed by atoms with E-state index in [0.717, 1.165) is 12.1 Å². The average molecular weight is 312 g/mol. The summed E-state index contributed by atoms with van der Waals surface area (Å²) in [7, 11) is 1.24. The summed E-state index contributed by atoms with van der Waals surface area (Å²) in [6.07, 6.45) is -4.85. The summed E-state index contributed by atoms with van der Waals surface area (Å²) < 4.78 is 45.0. The Labute approximate surface area is 123 Å². The van der Waals surface area contributed by atoms with E-state index in [-0.39, 0.29) is 5.75 Å². The highest BCUT2D eigenvalue weighted by molar-refractivity contribution is 5.90. The molecule has 2 rings (SSSR count). The van der Waals surface area contributed by atoms with Crippen molar-refractivity contribution in [1.82, 2.24) is 0 Å². The second-order valence-electron chi connectivity index (χ2n) is 4.33. The van der Waals surface area contributed by atoms with Crippen molar-refractivity contribution in [3.63, 3.8) is 0 Å². The molecule has 0 atom stereocenters. The van der Waals surface area contributed by atoms with Crippen LogP contribution < -0.4 is 4.74 Å². The SMILES string of the molecule is COC(=O)c1ccc(-c2cc(O)cc(OC(F)(F)F)c2)cc1. The van der Waals surface area contributed by atoms with Crippen molar-refractivity contribution in [2.45, 2.75) is 6.36 Å². The third-order valence-corrected chi connectivity index (χ3v) is 2.76. The van der Waals surface area contributed by atoms with Crippen LogP contribution in [0, 0.1) is 0 Å². The number of alkyl halides is 3. The Hall–Kier alpha value is -2.70. The number of halogens is 3. The van der Waals surface area contributed by atoms with Crippen LogP contribution in [0.25, 0.3) is 11.1 Å². The summed E-state index contributed by atoms with van der Waals surface area (Å²) in [5.74, 6) is -1.42. The Balaban J connectivity index is 2.34. The Morgan fingerprint density at radius 2 is 1.68 bits per heavy atom. The van der Waals surface area contributed by atoms with E-state index in [1.165, 1.54) is 37.4 Å². The molecule has 0 aliphatic rings. The van der Waals surface area contributed by atoms with Gasteiger partial charge in [0.2, 0.25) is 0 Å². The van der Waals surface area contributed by atoms with E-state index in [2.05, 4.69) is 9.47 Å². The highest BCUT2D eigenvalue weighted by Gasteiger charge is 2.31. The summed E-state index contributed by atoms with van der Waals surface area (Å²) in [4.78, 5) is 11.3. The van der Waals surface area contributed by atoms with Gasteiger partial charge in [-0.05, 0) is 35.4 Å². The first-order valence-electron chi connectivity index (χ1n) is 6.07. The number of phenols is 1. The number of carbonyl (C=O) groups is 1. The van der Waals surface area contributed by atoms with Gasteiger partial charge in [0, 0.05) is 6.07 Å². The molecule has 116 valence electrons. The molecule has 0 aliphatic carbocycles. The molecule has 4 nitrogen and oxygen atoms in total. The first-order valence-corrected chi connectivity index (χ1v) is 6.07. The number of methoxy groups -OCH3 is 1. The molecule has 0 saturated carbocycles. The molecule has 0 aliphatic heterocycles. The van der Waals surface area contributed by atoms with Crippen LogP contribution in [-0.4, -0.2) is 24.5 Å². The molecule has 0 saturated heterocycles. The van der Waals surface area contributed by atoms with Gasteiger partial charge in [-0.3, -0.25) is 0 Å². The Morgan fingerprint density at radius 1 is 1.05 bits per heavy atom. The fourth-order valence-electron chi connectivity index (χ4n) is 1.86. The van der Waals surface area contributed by atoms with Crippen LogP contribution in [0.4, 0.5) is 13.2 Å². The summed E-state index contributed by atoms with van der Waals surface area (Å²) >= 11 is 0. The molecule has 7 heteroatoms. The molecule has 0 bridgehead atoms. The molecular weight excluding hydrogens is 301 g/mol. The summed E-state index contributed by atoms with van der Waals surface area (Å²) in [6.45, 7) is 0. The fourth-order valence-corrected chi connectivity index (χ4v) is 1.86. The molecule has 0 aromatic heterocycles. The van der Waals surface area contributed by atoms with Gasteiger partial charge in [-0.2, -0.15) is 0 Å². The zero-order valence-electron chi connectivity index (χ0n) is 11.3. The fraction of sp³-hybridized carbons (Fsp3) is 0.133. The molecule has 0 unspecified atom stereocenters. The predicted molar refractivity (Wildman–Crippen MR) is 71.6 cm³/mol. The quantitative estimate of drug-likeness (QED) is 0.877. The predicted octanol–water partition coefficient (Wildman–Crippen LogP) is 3.74. The van der Waals surface area contributed by atoms with Crippen molar-refractivity contribution in [3.05, 3.63) is 48.0 Å². The van der Waals surface area contributed by atoms with Gasteiger partial charge in [0.05, 0.1) is 12.7 Å². The van der Waals surface area contributed by atoms with Crippen molar-refractivity contribution >= 4 is 5.97 Å². The lowest BCUT2D eigenvalue weighted by atomic mass is 10.0. The first kappa shape index (κ1) is 15.7. The minimum Gasteiger partial charge on any atom is -0.508 e. The average Bonchev–Trinajstić information content (AvgIpc) is 2.44.